The van der Waals surface area contributed by atoms with Crippen molar-refractivity contribution in [1.29, 1.82) is 0 Å². The molecule has 0 aliphatic carbocycles. The summed E-state index contributed by atoms with van der Waals surface area (Å²) in [4.78, 5) is 24.7. The summed E-state index contributed by atoms with van der Waals surface area (Å²) in [5, 5.41) is 0. The van der Waals surface area contributed by atoms with Gasteiger partial charge in [-0.1, -0.05) is 116 Å². The molecule has 2 rings (SSSR count). The van der Waals surface area contributed by atoms with Crippen molar-refractivity contribution in [2.24, 2.45) is 5.92 Å². The fraction of sp³-hybridized carbons (Fsp3) is 0.955. The van der Waals surface area contributed by atoms with Crippen LogP contribution in [0.25, 0.3) is 0 Å². The lowest BCUT2D eigenvalue weighted by Gasteiger charge is -2.19. The van der Waals surface area contributed by atoms with E-state index >= 15 is 0 Å². The number of esters is 2. The summed E-state index contributed by atoms with van der Waals surface area (Å²) in [6, 6.07) is 0. The lowest BCUT2D eigenvalue weighted by Crippen LogP contribution is -2.26. The van der Waals surface area contributed by atoms with Crippen LogP contribution in [0.3, 0.4) is 0 Å². The molecular weight excluding hydrogens is 720 g/mol. The lowest BCUT2D eigenvalue weighted by molar-refractivity contribution is -0.161. The largest absolute Gasteiger partial charge is 0.465 e. The predicted molar refractivity (Wildman–Crippen MR) is 217 cm³/mol. The van der Waals surface area contributed by atoms with Gasteiger partial charge in [-0.2, -0.15) is 0 Å². The molecule has 330 valence electrons. The summed E-state index contributed by atoms with van der Waals surface area (Å²) in [7, 11) is 0. The molecule has 0 bridgehead atoms. The van der Waals surface area contributed by atoms with Crippen molar-refractivity contribution in [3.63, 3.8) is 0 Å². The van der Waals surface area contributed by atoms with Gasteiger partial charge in [-0.05, 0) is 32.6 Å². The Morgan fingerprint density at radius 1 is 0.393 bits per heavy atom. The SMILES string of the molecule is CC(C(=O)OCCCCCCCCCCCCC1COCCOCCOCCO1)C(=O)OCCCCCCCCCCCCC1COCCOCCOCCO1. The third-order valence-corrected chi connectivity index (χ3v) is 10.3. The van der Waals surface area contributed by atoms with E-state index in [1.165, 1.54) is 77.0 Å². The number of hydrogen-bond donors (Lipinski definition) is 0. The average Bonchev–Trinajstić information content (AvgIpc) is 3.19. The Balaban J connectivity index is 1.30. The molecule has 2 heterocycles. The van der Waals surface area contributed by atoms with E-state index in [2.05, 4.69) is 0 Å². The van der Waals surface area contributed by atoms with E-state index in [0.717, 1.165) is 64.2 Å². The molecule has 0 saturated carbocycles. The van der Waals surface area contributed by atoms with E-state index in [1.54, 1.807) is 6.92 Å². The highest BCUT2D eigenvalue weighted by Gasteiger charge is 2.24. The number of carbonyl (C=O) groups excluding carboxylic acids is 2. The fourth-order valence-electron chi connectivity index (χ4n) is 6.75. The molecule has 0 radical (unpaired) electrons. The monoisotopic (exact) mass is 803 g/mol. The van der Waals surface area contributed by atoms with Gasteiger partial charge in [0.25, 0.3) is 0 Å². The van der Waals surface area contributed by atoms with Gasteiger partial charge in [0.05, 0.1) is 118 Å². The first-order valence-electron chi connectivity index (χ1n) is 22.7. The second kappa shape index (κ2) is 39.1. The van der Waals surface area contributed by atoms with Crippen LogP contribution >= 0.6 is 0 Å². The van der Waals surface area contributed by atoms with Crippen molar-refractivity contribution in [3.05, 3.63) is 0 Å². The summed E-state index contributed by atoms with van der Waals surface area (Å²) in [6.07, 6.45) is 25.6. The topological polar surface area (TPSA) is 126 Å². The molecule has 0 aromatic heterocycles. The van der Waals surface area contributed by atoms with Crippen LogP contribution in [0.1, 0.15) is 148 Å². The van der Waals surface area contributed by atoms with Crippen LogP contribution in [-0.2, 0) is 57.0 Å². The Kier molecular flexibility index (Phi) is 35.4. The Morgan fingerprint density at radius 2 is 0.661 bits per heavy atom. The minimum atomic E-state index is -0.869. The highest BCUT2D eigenvalue weighted by Crippen LogP contribution is 2.16. The standard InChI is InChI=1S/C44H82O12/c1-40(43(45)55-24-20-16-12-8-4-2-6-10-14-18-22-41-38-51-32-30-47-26-28-49-34-36-53-41)44(46)56-25-21-17-13-9-5-3-7-11-15-19-23-42-39-52-33-31-48-27-29-50-35-37-54-42/h40-42H,2-39H2,1H3. The van der Waals surface area contributed by atoms with Crippen LogP contribution in [0.15, 0.2) is 0 Å². The van der Waals surface area contributed by atoms with Crippen LogP contribution in [0.5, 0.6) is 0 Å². The van der Waals surface area contributed by atoms with Gasteiger partial charge in [0.2, 0.25) is 0 Å². The Hall–Kier alpha value is -1.38. The fourth-order valence-corrected chi connectivity index (χ4v) is 6.75. The van der Waals surface area contributed by atoms with Crippen molar-refractivity contribution < 1.29 is 57.0 Å². The van der Waals surface area contributed by atoms with Crippen LogP contribution in [-0.4, -0.2) is 130 Å². The number of carbonyl (C=O) groups is 2. The Morgan fingerprint density at radius 3 is 1.00 bits per heavy atom. The number of ether oxygens (including phenoxy) is 10. The molecule has 0 N–H and O–H groups in total. The zero-order valence-corrected chi connectivity index (χ0v) is 35.5. The quantitative estimate of drug-likeness (QED) is 0.0430. The van der Waals surface area contributed by atoms with Gasteiger partial charge >= 0.3 is 11.9 Å². The highest BCUT2D eigenvalue weighted by atomic mass is 16.6. The summed E-state index contributed by atoms with van der Waals surface area (Å²) < 4.78 is 56.1. The van der Waals surface area contributed by atoms with Crippen LogP contribution in [0.4, 0.5) is 0 Å². The minimum absolute atomic E-state index is 0.139. The first kappa shape index (κ1) is 50.8. The summed E-state index contributed by atoms with van der Waals surface area (Å²) in [5.74, 6) is -1.83. The Bertz CT molecular complexity index is 785. The average molecular weight is 803 g/mol. The third kappa shape index (κ3) is 31.6. The molecule has 0 aromatic carbocycles. The van der Waals surface area contributed by atoms with Crippen molar-refractivity contribution in [3.8, 4) is 0 Å². The number of hydrogen-bond acceptors (Lipinski definition) is 12. The molecular formula is C44H82O12. The maximum absolute atomic E-state index is 12.3. The minimum Gasteiger partial charge on any atom is -0.465 e. The molecule has 12 nitrogen and oxygen atoms in total. The zero-order chi connectivity index (χ0) is 39.8. The second-order valence-electron chi connectivity index (χ2n) is 15.3. The molecule has 2 saturated heterocycles. The van der Waals surface area contributed by atoms with Gasteiger partial charge in [-0.3, -0.25) is 9.59 Å². The van der Waals surface area contributed by atoms with Crippen LogP contribution in [0.2, 0.25) is 0 Å². The van der Waals surface area contributed by atoms with Crippen molar-refractivity contribution in [2.75, 3.05) is 106 Å². The van der Waals surface area contributed by atoms with E-state index in [4.69, 9.17) is 47.4 Å². The van der Waals surface area contributed by atoms with E-state index in [-0.39, 0.29) is 12.2 Å². The van der Waals surface area contributed by atoms with E-state index in [0.29, 0.717) is 106 Å². The molecule has 0 spiro atoms. The molecule has 2 unspecified atom stereocenters. The van der Waals surface area contributed by atoms with Gasteiger partial charge in [-0.25, -0.2) is 0 Å². The predicted octanol–water partition coefficient (Wildman–Crippen LogP) is 8.19. The van der Waals surface area contributed by atoms with Crippen molar-refractivity contribution >= 4 is 11.9 Å². The van der Waals surface area contributed by atoms with E-state index in [1.807, 2.05) is 0 Å². The maximum Gasteiger partial charge on any atom is 0.320 e. The van der Waals surface area contributed by atoms with E-state index in [9.17, 15) is 9.59 Å². The first-order chi connectivity index (χ1) is 27.7. The maximum atomic E-state index is 12.3. The molecule has 2 aliphatic rings. The molecule has 0 aromatic rings. The summed E-state index contributed by atoms with van der Waals surface area (Å²) in [5.41, 5.74) is 0. The highest BCUT2D eigenvalue weighted by molar-refractivity contribution is 5.94. The molecule has 0 amide bonds. The Labute approximate surface area is 340 Å². The first-order valence-corrected chi connectivity index (χ1v) is 22.7. The smallest absolute Gasteiger partial charge is 0.320 e. The summed E-state index contributed by atoms with van der Waals surface area (Å²) in [6.45, 7) is 10.9. The molecule has 56 heavy (non-hydrogen) atoms. The number of rotatable bonds is 28. The van der Waals surface area contributed by atoms with Gasteiger partial charge in [0.1, 0.15) is 0 Å². The summed E-state index contributed by atoms with van der Waals surface area (Å²) >= 11 is 0. The molecule has 2 atom stereocenters. The van der Waals surface area contributed by atoms with Gasteiger partial charge in [0.15, 0.2) is 5.92 Å². The van der Waals surface area contributed by atoms with E-state index < -0.39 is 17.9 Å². The van der Waals surface area contributed by atoms with Crippen molar-refractivity contribution in [1.82, 2.24) is 0 Å². The van der Waals surface area contributed by atoms with Crippen LogP contribution in [0, 0.1) is 5.92 Å². The van der Waals surface area contributed by atoms with Crippen LogP contribution < -0.4 is 0 Å². The van der Waals surface area contributed by atoms with Gasteiger partial charge in [-0.15, -0.1) is 0 Å². The molecule has 2 fully saturated rings. The molecule has 12 heteroatoms. The number of unbranched alkanes of at least 4 members (excludes halogenated alkanes) is 18. The lowest BCUT2D eigenvalue weighted by atomic mass is 10.0. The normalized spacial score (nSPS) is 20.4. The zero-order valence-electron chi connectivity index (χ0n) is 35.5. The second-order valence-corrected chi connectivity index (χ2v) is 15.3. The van der Waals surface area contributed by atoms with Gasteiger partial charge in [0, 0.05) is 0 Å². The molecule has 2 aliphatic heterocycles. The van der Waals surface area contributed by atoms with Gasteiger partial charge < -0.3 is 47.4 Å². The van der Waals surface area contributed by atoms with Crippen molar-refractivity contribution in [2.45, 2.75) is 160 Å². The third-order valence-electron chi connectivity index (χ3n) is 10.3.